The van der Waals surface area contributed by atoms with E-state index < -0.39 is 57.9 Å². The van der Waals surface area contributed by atoms with Crippen LogP contribution in [0.15, 0.2) is 36.5 Å². The molecule has 0 bridgehead atoms. The number of carbonyl (C=O) groups is 3. The molecule has 4 N–H and O–H groups in total. The van der Waals surface area contributed by atoms with Gasteiger partial charge in [-0.15, -0.1) is 0 Å². The minimum absolute atomic E-state index is 0.000937. The minimum atomic E-state index is -4.67. The summed E-state index contributed by atoms with van der Waals surface area (Å²) >= 11 is 0. The van der Waals surface area contributed by atoms with E-state index >= 15 is 0 Å². The van der Waals surface area contributed by atoms with E-state index in [4.69, 9.17) is 19.1 Å². The maximum atomic E-state index is 12.6. The van der Waals surface area contributed by atoms with Crippen LogP contribution in [0.25, 0.3) is 0 Å². The zero-order valence-corrected chi connectivity index (χ0v) is 32.7. The van der Waals surface area contributed by atoms with E-state index in [2.05, 4.69) is 25.3 Å². The molecule has 0 radical (unpaired) electrons. The van der Waals surface area contributed by atoms with Crippen molar-refractivity contribution < 1.29 is 57.7 Å². The maximum Gasteiger partial charge on any atom is 0.472 e. The van der Waals surface area contributed by atoms with E-state index in [0.717, 1.165) is 44.4 Å². The van der Waals surface area contributed by atoms with Gasteiger partial charge in [-0.2, -0.15) is 0 Å². The Morgan fingerprint density at radius 3 is 2.27 bits per heavy atom. The largest absolute Gasteiger partial charge is 0.472 e. The lowest BCUT2D eigenvalue weighted by Gasteiger charge is -2.20. The molecule has 2 unspecified atom stereocenters. The predicted molar refractivity (Wildman–Crippen MR) is 200 cm³/mol. The highest BCUT2D eigenvalue weighted by molar-refractivity contribution is 7.47. The van der Waals surface area contributed by atoms with Crippen molar-refractivity contribution in [2.24, 2.45) is 17.8 Å². The van der Waals surface area contributed by atoms with Crippen molar-refractivity contribution in [3.05, 3.63) is 36.5 Å². The highest BCUT2D eigenvalue weighted by atomic mass is 31.2. The van der Waals surface area contributed by atoms with E-state index in [1.54, 1.807) is 12.2 Å². The number of aliphatic hydroxyl groups is 3. The molecule has 0 aromatic heterocycles. The standard InChI is InChI=1S/C39H67O12P/c1-4-6-13-20-33(41)24-25-36-32(23-26-37(36)43)19-15-11-12-17-22-39(45)51-35(30-50-52(46,47)49-28-34(42)27-40)29-48-38(44)21-16-10-8-7-9-14-18-31(3)5-2/h11,15,23-26,31-36,40-42H,4-10,12-14,16-22,27-30H2,1-3H3,(H,46,47)/b15-11-,25-24+/t31?,32-,33-,34-,35+,36+/m0/s1. The summed E-state index contributed by atoms with van der Waals surface area (Å²) in [6.07, 6.45) is 22.0. The van der Waals surface area contributed by atoms with E-state index in [-0.39, 0.29) is 37.1 Å². The summed E-state index contributed by atoms with van der Waals surface area (Å²) in [4.78, 5) is 47.3. The number of ether oxygens (including phenoxy) is 2. The molecule has 1 rings (SSSR count). The Hall–Kier alpha value is -2.18. The first-order valence-corrected chi connectivity index (χ1v) is 20.9. The summed E-state index contributed by atoms with van der Waals surface area (Å²) in [5, 5.41) is 28.5. The molecule has 12 nitrogen and oxygen atoms in total. The van der Waals surface area contributed by atoms with Crippen LogP contribution >= 0.6 is 7.82 Å². The van der Waals surface area contributed by atoms with Crippen molar-refractivity contribution in [1.82, 2.24) is 0 Å². The molecule has 0 aromatic rings. The van der Waals surface area contributed by atoms with Gasteiger partial charge in [0.2, 0.25) is 0 Å². The molecule has 0 heterocycles. The third-order valence-corrected chi connectivity index (χ3v) is 10.0. The molecule has 0 saturated heterocycles. The second-order valence-corrected chi connectivity index (χ2v) is 15.3. The molecule has 0 amide bonds. The van der Waals surface area contributed by atoms with Gasteiger partial charge in [-0.3, -0.25) is 23.4 Å². The predicted octanol–water partition coefficient (Wildman–Crippen LogP) is 7.08. The van der Waals surface area contributed by atoms with Crippen LogP contribution in [0.1, 0.15) is 130 Å². The first kappa shape index (κ1) is 47.8. The Kier molecular flexibility index (Phi) is 26.9. The molecule has 300 valence electrons. The Balaban J connectivity index is 2.52. The van der Waals surface area contributed by atoms with Crippen LogP contribution in [-0.2, 0) is 37.5 Å². The van der Waals surface area contributed by atoms with Crippen molar-refractivity contribution >= 4 is 25.5 Å². The van der Waals surface area contributed by atoms with Crippen LogP contribution in [-0.4, -0.2) is 82.7 Å². The Morgan fingerprint density at radius 1 is 0.885 bits per heavy atom. The number of phosphoric ester groups is 1. The van der Waals surface area contributed by atoms with Crippen molar-refractivity contribution in [2.75, 3.05) is 26.4 Å². The van der Waals surface area contributed by atoms with Crippen LogP contribution in [0.2, 0.25) is 0 Å². The lowest BCUT2D eigenvalue weighted by atomic mass is 9.90. The SMILES string of the molecule is CCCCC[C@H](O)/C=C/[C@H]1C(=O)C=C[C@@H]1C/C=C\CCCC(=O)O[C@H](COC(=O)CCCCCCCCC(C)CC)COP(=O)(O)OC[C@@H](O)CO. The fraction of sp³-hybridized carbons (Fsp3) is 0.769. The van der Waals surface area contributed by atoms with Crippen LogP contribution < -0.4 is 0 Å². The second-order valence-electron chi connectivity index (χ2n) is 13.9. The number of aliphatic hydroxyl groups excluding tert-OH is 3. The molecule has 0 saturated carbocycles. The van der Waals surface area contributed by atoms with Gasteiger partial charge in [0.05, 0.1) is 25.9 Å². The molecule has 1 aliphatic carbocycles. The lowest BCUT2D eigenvalue weighted by molar-refractivity contribution is -0.161. The average Bonchev–Trinajstić information content (AvgIpc) is 3.48. The number of ketones is 1. The molecule has 0 aromatic carbocycles. The van der Waals surface area contributed by atoms with E-state index in [1.165, 1.54) is 25.7 Å². The Labute approximate surface area is 311 Å². The van der Waals surface area contributed by atoms with E-state index in [1.807, 2.05) is 24.3 Å². The summed E-state index contributed by atoms with van der Waals surface area (Å²) < 4.78 is 32.5. The average molecular weight is 759 g/mol. The first-order chi connectivity index (χ1) is 24.9. The molecule has 7 atom stereocenters. The van der Waals surface area contributed by atoms with Crippen LogP contribution in [0.5, 0.6) is 0 Å². The minimum Gasteiger partial charge on any atom is -0.462 e. The summed E-state index contributed by atoms with van der Waals surface area (Å²) in [5.74, 6) is -0.613. The molecule has 1 aliphatic rings. The first-order valence-electron chi connectivity index (χ1n) is 19.4. The van der Waals surface area contributed by atoms with Gasteiger partial charge in [-0.1, -0.05) is 115 Å². The van der Waals surface area contributed by atoms with Crippen molar-refractivity contribution in [2.45, 2.75) is 148 Å². The van der Waals surface area contributed by atoms with Crippen LogP contribution in [0.4, 0.5) is 0 Å². The van der Waals surface area contributed by atoms with Crippen LogP contribution in [0.3, 0.4) is 0 Å². The van der Waals surface area contributed by atoms with Gasteiger partial charge in [-0.25, -0.2) is 4.57 Å². The monoisotopic (exact) mass is 758 g/mol. The van der Waals surface area contributed by atoms with E-state index in [0.29, 0.717) is 32.1 Å². The van der Waals surface area contributed by atoms with Gasteiger partial charge in [-0.05, 0) is 50.0 Å². The third-order valence-electron chi connectivity index (χ3n) is 9.09. The van der Waals surface area contributed by atoms with Gasteiger partial charge in [0.1, 0.15) is 12.7 Å². The zero-order chi connectivity index (χ0) is 38.6. The fourth-order valence-electron chi connectivity index (χ4n) is 5.55. The molecule has 0 aliphatic heterocycles. The number of rotatable bonds is 32. The molecule has 52 heavy (non-hydrogen) atoms. The van der Waals surface area contributed by atoms with Gasteiger partial charge in [0.15, 0.2) is 11.9 Å². The molecule has 13 heteroatoms. The maximum absolute atomic E-state index is 12.6. The summed E-state index contributed by atoms with van der Waals surface area (Å²) in [7, 11) is -4.67. The number of phosphoric acid groups is 1. The number of allylic oxidation sites excluding steroid dienone is 5. The van der Waals surface area contributed by atoms with Crippen molar-refractivity contribution in [3.8, 4) is 0 Å². The number of unbranched alkanes of at least 4 members (excludes halogenated alkanes) is 8. The highest BCUT2D eigenvalue weighted by Gasteiger charge is 2.28. The molecule has 0 spiro atoms. The normalized spacial score (nSPS) is 19.6. The Bertz CT molecular complexity index is 1120. The van der Waals surface area contributed by atoms with Gasteiger partial charge < -0.3 is 29.7 Å². The van der Waals surface area contributed by atoms with Gasteiger partial charge >= 0.3 is 19.8 Å². The second kappa shape index (κ2) is 29.2. The van der Waals surface area contributed by atoms with Crippen molar-refractivity contribution in [1.29, 1.82) is 0 Å². The number of carbonyl (C=O) groups excluding carboxylic acids is 3. The van der Waals surface area contributed by atoms with Crippen molar-refractivity contribution in [3.63, 3.8) is 0 Å². The summed E-state index contributed by atoms with van der Waals surface area (Å²) in [5.41, 5.74) is 0. The summed E-state index contributed by atoms with van der Waals surface area (Å²) in [6, 6.07) is 0. The van der Waals surface area contributed by atoms with Gasteiger partial charge in [0.25, 0.3) is 0 Å². The van der Waals surface area contributed by atoms with E-state index in [9.17, 15) is 34.1 Å². The fourth-order valence-corrected chi connectivity index (χ4v) is 6.34. The quantitative estimate of drug-likeness (QED) is 0.0237. The molecular formula is C39H67O12P. The molecule has 0 fully saturated rings. The van der Waals surface area contributed by atoms with Gasteiger partial charge in [0, 0.05) is 18.8 Å². The number of hydrogen-bond acceptors (Lipinski definition) is 11. The topological polar surface area (TPSA) is 186 Å². The zero-order valence-electron chi connectivity index (χ0n) is 31.8. The molecular weight excluding hydrogens is 691 g/mol. The van der Waals surface area contributed by atoms with Crippen LogP contribution in [0, 0.1) is 17.8 Å². The lowest BCUT2D eigenvalue weighted by Crippen LogP contribution is -2.29. The highest BCUT2D eigenvalue weighted by Crippen LogP contribution is 2.43. The third kappa shape index (κ3) is 24.2. The number of hydrogen-bond donors (Lipinski definition) is 4. The summed E-state index contributed by atoms with van der Waals surface area (Å²) in [6.45, 7) is 4.28. The smallest absolute Gasteiger partial charge is 0.462 e. The number of esters is 2. The Morgan fingerprint density at radius 2 is 1.56 bits per heavy atom.